The van der Waals surface area contributed by atoms with Crippen LogP contribution in [-0.4, -0.2) is 0 Å². The minimum Gasteiger partial charge on any atom is -0.102 e. The number of aromatic nitrogens is 1. The van der Waals surface area contributed by atoms with Gasteiger partial charge in [-0.1, -0.05) is 48.5 Å². The molecule has 88 valence electrons. The highest BCUT2D eigenvalue weighted by Gasteiger charge is 2.16. The van der Waals surface area contributed by atoms with E-state index in [1.807, 2.05) is 6.07 Å². The maximum Gasteiger partial charge on any atom is 0.224 e. The third kappa shape index (κ3) is 2.07. The highest BCUT2D eigenvalue weighted by molar-refractivity contribution is 7.02. The first-order valence-electron chi connectivity index (χ1n) is 5.98. The molecule has 0 aliphatic rings. The average molecular weight is 252 g/mol. The van der Waals surface area contributed by atoms with Crippen LogP contribution in [-0.2, 0) is 0 Å². The third-order valence-electron chi connectivity index (χ3n) is 2.96. The standard InChI is InChI=1S/C16H14NS/c1-13-16(14-8-4-2-5-9-14)12-17(18-13)15-10-6-3-7-11-15/h2-12H,1H3/q+1. The molecular formula is C16H14NS+. The van der Waals surface area contributed by atoms with Gasteiger partial charge in [0.15, 0.2) is 6.20 Å². The molecule has 0 amide bonds. The van der Waals surface area contributed by atoms with Crippen LogP contribution in [0.5, 0.6) is 0 Å². The second-order valence-corrected chi connectivity index (χ2v) is 5.41. The van der Waals surface area contributed by atoms with E-state index in [-0.39, 0.29) is 0 Å². The molecule has 1 aromatic heterocycles. The SMILES string of the molecule is Cc1s[n+](-c2ccccc2)cc1-c1ccccc1. The van der Waals surface area contributed by atoms with Crippen LogP contribution in [0.1, 0.15) is 4.88 Å². The van der Waals surface area contributed by atoms with Gasteiger partial charge in [-0.15, -0.1) is 3.96 Å². The van der Waals surface area contributed by atoms with Crippen molar-refractivity contribution in [2.24, 2.45) is 0 Å². The molecule has 0 unspecified atom stereocenters. The van der Waals surface area contributed by atoms with Crippen molar-refractivity contribution in [3.05, 3.63) is 71.7 Å². The van der Waals surface area contributed by atoms with Gasteiger partial charge in [0.1, 0.15) is 11.5 Å². The Bertz CT molecular complexity index is 641. The van der Waals surface area contributed by atoms with E-state index < -0.39 is 0 Å². The molecule has 0 radical (unpaired) electrons. The van der Waals surface area contributed by atoms with Crippen LogP contribution < -0.4 is 3.96 Å². The lowest BCUT2D eigenvalue weighted by Crippen LogP contribution is -2.23. The number of nitrogens with zero attached hydrogens (tertiary/aromatic N) is 1. The molecule has 0 spiro atoms. The summed E-state index contributed by atoms with van der Waals surface area (Å²) in [5.41, 5.74) is 3.80. The molecule has 3 aromatic rings. The van der Waals surface area contributed by atoms with Crippen molar-refractivity contribution >= 4 is 11.5 Å². The van der Waals surface area contributed by atoms with Gasteiger partial charge in [0.05, 0.1) is 10.4 Å². The molecule has 0 bridgehead atoms. The number of hydrogen-bond donors (Lipinski definition) is 0. The van der Waals surface area contributed by atoms with Crippen molar-refractivity contribution < 1.29 is 3.96 Å². The zero-order valence-corrected chi connectivity index (χ0v) is 11.0. The molecular weight excluding hydrogens is 238 g/mol. The van der Waals surface area contributed by atoms with E-state index in [0.29, 0.717) is 0 Å². The monoisotopic (exact) mass is 252 g/mol. The summed E-state index contributed by atoms with van der Waals surface area (Å²) in [6, 6.07) is 21.0. The third-order valence-corrected chi connectivity index (χ3v) is 3.96. The van der Waals surface area contributed by atoms with Gasteiger partial charge in [-0.3, -0.25) is 0 Å². The minimum absolute atomic E-state index is 1.22. The largest absolute Gasteiger partial charge is 0.224 e. The van der Waals surface area contributed by atoms with E-state index >= 15 is 0 Å². The van der Waals surface area contributed by atoms with E-state index in [9.17, 15) is 0 Å². The zero-order valence-electron chi connectivity index (χ0n) is 10.2. The Labute approximate surface area is 111 Å². The normalized spacial score (nSPS) is 10.5. The molecule has 3 rings (SSSR count). The van der Waals surface area contributed by atoms with Crippen LogP contribution >= 0.6 is 11.5 Å². The smallest absolute Gasteiger partial charge is 0.102 e. The van der Waals surface area contributed by atoms with Gasteiger partial charge in [-0.2, -0.15) is 0 Å². The van der Waals surface area contributed by atoms with E-state index in [0.717, 1.165) is 0 Å². The molecule has 0 atom stereocenters. The van der Waals surface area contributed by atoms with Crippen LogP contribution in [0.4, 0.5) is 0 Å². The van der Waals surface area contributed by atoms with Crippen molar-refractivity contribution in [3.8, 4) is 16.8 Å². The van der Waals surface area contributed by atoms with Crippen molar-refractivity contribution in [1.29, 1.82) is 0 Å². The summed E-state index contributed by atoms with van der Waals surface area (Å²) in [6.45, 7) is 2.17. The first-order chi connectivity index (χ1) is 8.84. The first-order valence-corrected chi connectivity index (χ1v) is 6.75. The number of rotatable bonds is 2. The van der Waals surface area contributed by atoms with Gasteiger partial charge >= 0.3 is 0 Å². The molecule has 0 aliphatic heterocycles. The Balaban J connectivity index is 2.07. The van der Waals surface area contributed by atoms with E-state index in [4.69, 9.17) is 0 Å². The second-order valence-electron chi connectivity index (χ2n) is 4.22. The van der Waals surface area contributed by atoms with Crippen LogP contribution in [0.25, 0.3) is 16.8 Å². The maximum atomic E-state index is 2.22. The Hall–Kier alpha value is -1.93. The Morgan fingerprint density at radius 3 is 2.11 bits per heavy atom. The zero-order chi connectivity index (χ0) is 12.4. The summed E-state index contributed by atoms with van der Waals surface area (Å²) in [5.74, 6) is 0. The molecule has 18 heavy (non-hydrogen) atoms. The van der Waals surface area contributed by atoms with Gasteiger partial charge in [0.2, 0.25) is 5.69 Å². The number of benzene rings is 2. The topological polar surface area (TPSA) is 3.88 Å². The molecule has 2 aromatic carbocycles. The maximum absolute atomic E-state index is 2.22. The summed E-state index contributed by atoms with van der Waals surface area (Å²) >= 11 is 1.78. The van der Waals surface area contributed by atoms with Crippen LogP contribution in [0.15, 0.2) is 66.9 Å². The van der Waals surface area contributed by atoms with Gasteiger partial charge in [-0.25, -0.2) is 0 Å². The molecule has 1 heterocycles. The van der Waals surface area contributed by atoms with Crippen molar-refractivity contribution in [1.82, 2.24) is 0 Å². The first kappa shape index (κ1) is 11.2. The predicted octanol–water partition coefficient (Wildman–Crippen LogP) is 4.00. The average Bonchev–Trinajstić information content (AvgIpc) is 2.83. The highest BCUT2D eigenvalue weighted by atomic mass is 32.1. The number of aryl methyl sites for hydroxylation is 1. The lowest BCUT2D eigenvalue weighted by Gasteiger charge is -1.94. The van der Waals surface area contributed by atoms with Gasteiger partial charge in [0.25, 0.3) is 0 Å². The van der Waals surface area contributed by atoms with Crippen LogP contribution in [0.2, 0.25) is 0 Å². The van der Waals surface area contributed by atoms with E-state index in [2.05, 4.69) is 71.7 Å². The summed E-state index contributed by atoms with van der Waals surface area (Å²) in [7, 11) is 0. The van der Waals surface area contributed by atoms with Gasteiger partial charge in [0, 0.05) is 12.1 Å². The van der Waals surface area contributed by atoms with E-state index in [1.54, 1.807) is 11.5 Å². The summed E-state index contributed by atoms with van der Waals surface area (Å²) in [4.78, 5) is 1.34. The summed E-state index contributed by atoms with van der Waals surface area (Å²) in [5, 5.41) is 0. The molecule has 0 N–H and O–H groups in total. The molecule has 0 fully saturated rings. The fourth-order valence-electron chi connectivity index (χ4n) is 2.03. The van der Waals surface area contributed by atoms with Gasteiger partial charge < -0.3 is 0 Å². The Kier molecular flexibility index (Phi) is 2.95. The molecule has 0 saturated carbocycles. The molecule has 1 nitrogen and oxygen atoms in total. The molecule has 2 heteroatoms. The second kappa shape index (κ2) is 4.75. The number of para-hydroxylation sites is 1. The fraction of sp³-hybridized carbons (Fsp3) is 0.0625. The summed E-state index contributed by atoms with van der Waals surface area (Å²) < 4.78 is 2.22. The van der Waals surface area contributed by atoms with Crippen molar-refractivity contribution in [2.75, 3.05) is 0 Å². The van der Waals surface area contributed by atoms with Crippen molar-refractivity contribution in [2.45, 2.75) is 6.92 Å². The van der Waals surface area contributed by atoms with E-state index in [1.165, 1.54) is 21.7 Å². The van der Waals surface area contributed by atoms with Crippen LogP contribution in [0.3, 0.4) is 0 Å². The number of hydrogen-bond acceptors (Lipinski definition) is 1. The lowest BCUT2D eigenvalue weighted by molar-refractivity contribution is -0.519. The minimum atomic E-state index is 1.22. The Morgan fingerprint density at radius 2 is 1.44 bits per heavy atom. The highest BCUT2D eigenvalue weighted by Crippen LogP contribution is 2.25. The molecule has 0 saturated heterocycles. The quantitative estimate of drug-likeness (QED) is 0.607. The lowest BCUT2D eigenvalue weighted by atomic mass is 10.1. The summed E-state index contributed by atoms with van der Waals surface area (Å²) in [6.07, 6.45) is 2.21. The Morgan fingerprint density at radius 1 is 0.833 bits per heavy atom. The fourth-order valence-corrected chi connectivity index (χ4v) is 2.98. The molecule has 0 aliphatic carbocycles. The van der Waals surface area contributed by atoms with Gasteiger partial charge in [-0.05, 0) is 12.5 Å². The van der Waals surface area contributed by atoms with Crippen LogP contribution in [0, 0.1) is 6.92 Å². The predicted molar refractivity (Wildman–Crippen MR) is 76.0 cm³/mol. The van der Waals surface area contributed by atoms with Crippen molar-refractivity contribution in [3.63, 3.8) is 0 Å².